The maximum atomic E-state index is 14.6. The molecule has 5 nitrogen and oxygen atoms in total. The van der Waals surface area contributed by atoms with E-state index in [0.29, 0.717) is 17.6 Å². The van der Waals surface area contributed by atoms with Crippen molar-refractivity contribution in [2.45, 2.75) is 78.1 Å². The van der Waals surface area contributed by atoms with E-state index in [1.54, 1.807) is 12.1 Å². The summed E-state index contributed by atoms with van der Waals surface area (Å²) in [5.41, 5.74) is -0.719. The van der Waals surface area contributed by atoms with Gasteiger partial charge in [-0.15, -0.1) is 0 Å². The van der Waals surface area contributed by atoms with E-state index in [1.807, 2.05) is 0 Å². The molecule has 1 heterocycles. The van der Waals surface area contributed by atoms with Crippen LogP contribution in [0, 0.1) is 5.82 Å². The Morgan fingerprint density at radius 2 is 1.69 bits per heavy atom. The Morgan fingerprint density at radius 3 is 2.34 bits per heavy atom. The second-order valence-electron chi connectivity index (χ2n) is 7.32. The normalized spacial score (nSPS) is 11.0. The zero-order valence-electron chi connectivity index (χ0n) is 17.4. The first-order chi connectivity index (χ1) is 14.0. The number of fused-ring (bicyclic) bond motifs is 1. The highest BCUT2D eigenvalue weighted by Crippen LogP contribution is 2.25. The fourth-order valence-electron chi connectivity index (χ4n) is 3.29. The van der Waals surface area contributed by atoms with Crippen molar-refractivity contribution < 1.29 is 23.1 Å². The summed E-state index contributed by atoms with van der Waals surface area (Å²) in [5.74, 6) is -0.930. The molecule has 0 saturated carbocycles. The van der Waals surface area contributed by atoms with E-state index in [2.05, 4.69) is 11.7 Å². The maximum absolute atomic E-state index is 14.6. The quantitative estimate of drug-likeness (QED) is 0.235. The number of carbonyl (C=O) groups is 1. The largest absolute Gasteiger partial charge is 0.454 e. The minimum Gasteiger partial charge on any atom is -0.454 e. The van der Waals surface area contributed by atoms with Crippen molar-refractivity contribution in [2.24, 2.45) is 0 Å². The summed E-state index contributed by atoms with van der Waals surface area (Å²) in [5, 5.41) is 0.325. The summed E-state index contributed by atoms with van der Waals surface area (Å²) < 4.78 is 29.6. The van der Waals surface area contributed by atoms with Crippen LogP contribution in [0.5, 0.6) is 5.75 Å². The SMILES string of the molecule is CCCCCCCCCCCc1cc2ccc(OCOC(C)=O)c(F)c2c(=O)o1. The fraction of sp³-hybridized carbons (Fsp3) is 0.565. The Bertz CT molecular complexity index is 843. The third kappa shape index (κ3) is 7.52. The Labute approximate surface area is 171 Å². The molecule has 0 spiro atoms. The van der Waals surface area contributed by atoms with Gasteiger partial charge in [0.05, 0.1) is 0 Å². The van der Waals surface area contributed by atoms with Gasteiger partial charge in [0.15, 0.2) is 11.6 Å². The Morgan fingerprint density at radius 1 is 1.03 bits per heavy atom. The molecule has 0 atom stereocenters. The number of aryl methyl sites for hydroxylation is 1. The summed E-state index contributed by atoms with van der Waals surface area (Å²) in [6.45, 7) is 3.03. The number of hydrogen-bond donors (Lipinski definition) is 0. The number of carbonyl (C=O) groups excluding carboxylic acids is 1. The van der Waals surface area contributed by atoms with Crippen molar-refractivity contribution in [1.82, 2.24) is 0 Å². The minimum atomic E-state index is -0.807. The van der Waals surface area contributed by atoms with Crippen LogP contribution in [0.15, 0.2) is 27.4 Å². The average Bonchev–Trinajstić information content (AvgIpc) is 2.68. The molecule has 1 aromatic carbocycles. The van der Waals surface area contributed by atoms with Gasteiger partial charge in [0.2, 0.25) is 6.79 Å². The number of halogens is 1. The molecule has 0 bridgehead atoms. The van der Waals surface area contributed by atoms with Crippen LogP contribution in [0.2, 0.25) is 0 Å². The number of ether oxygens (including phenoxy) is 2. The lowest BCUT2D eigenvalue weighted by Gasteiger charge is -2.09. The van der Waals surface area contributed by atoms with Crippen LogP contribution in [-0.2, 0) is 16.0 Å². The molecule has 0 amide bonds. The lowest BCUT2D eigenvalue weighted by molar-refractivity contribution is -0.147. The number of hydrogen-bond acceptors (Lipinski definition) is 5. The highest BCUT2D eigenvalue weighted by Gasteiger charge is 2.15. The first-order valence-electron chi connectivity index (χ1n) is 10.5. The molecule has 1 aromatic heterocycles. The van der Waals surface area contributed by atoms with Crippen molar-refractivity contribution in [3.63, 3.8) is 0 Å². The Hall–Kier alpha value is -2.37. The molecular formula is C23H31FO5. The topological polar surface area (TPSA) is 65.7 Å². The van der Waals surface area contributed by atoms with Gasteiger partial charge in [-0.05, 0) is 23.9 Å². The molecule has 0 unspecified atom stereocenters. The number of rotatable bonds is 13. The van der Waals surface area contributed by atoms with Crippen molar-refractivity contribution >= 4 is 16.7 Å². The summed E-state index contributed by atoms with van der Waals surface area (Å²) >= 11 is 0. The monoisotopic (exact) mass is 406 g/mol. The molecule has 0 fully saturated rings. The summed E-state index contributed by atoms with van der Waals surface area (Å²) in [4.78, 5) is 23.0. The first kappa shape index (κ1) is 22.9. The standard InChI is InChI=1S/C23H31FO5/c1-3-4-5-6-7-8-9-10-11-12-19-15-18-13-14-20(28-16-27-17(2)25)22(24)21(18)23(26)29-19/h13-15H,3-12,16H2,1-2H3. The molecule has 0 radical (unpaired) electrons. The van der Waals surface area contributed by atoms with Gasteiger partial charge < -0.3 is 13.9 Å². The molecular weight excluding hydrogens is 375 g/mol. The van der Waals surface area contributed by atoms with Crippen LogP contribution >= 0.6 is 0 Å². The Balaban J connectivity index is 1.87. The van der Waals surface area contributed by atoms with E-state index in [4.69, 9.17) is 9.15 Å². The van der Waals surface area contributed by atoms with E-state index >= 15 is 0 Å². The zero-order valence-corrected chi connectivity index (χ0v) is 17.4. The van der Waals surface area contributed by atoms with Gasteiger partial charge in [0.25, 0.3) is 0 Å². The van der Waals surface area contributed by atoms with Gasteiger partial charge in [-0.2, -0.15) is 0 Å². The molecule has 2 aromatic rings. The molecule has 0 N–H and O–H groups in total. The van der Waals surface area contributed by atoms with Gasteiger partial charge in [-0.1, -0.05) is 64.4 Å². The molecule has 0 aliphatic rings. The number of esters is 1. The summed E-state index contributed by atoms with van der Waals surface area (Å²) in [6, 6.07) is 4.74. The van der Waals surface area contributed by atoms with Gasteiger partial charge in [-0.3, -0.25) is 4.79 Å². The van der Waals surface area contributed by atoms with E-state index in [9.17, 15) is 14.0 Å². The van der Waals surface area contributed by atoms with Crippen LogP contribution < -0.4 is 10.4 Å². The first-order valence-corrected chi connectivity index (χ1v) is 10.5. The second-order valence-corrected chi connectivity index (χ2v) is 7.32. The number of benzene rings is 1. The summed E-state index contributed by atoms with van der Waals surface area (Å²) in [6.07, 6.45) is 11.6. The molecule has 29 heavy (non-hydrogen) atoms. The zero-order chi connectivity index (χ0) is 21.1. The van der Waals surface area contributed by atoms with Crippen molar-refractivity contribution in [2.75, 3.05) is 6.79 Å². The van der Waals surface area contributed by atoms with Gasteiger partial charge >= 0.3 is 11.6 Å². The Kier molecular flexibility index (Phi) is 9.68. The molecule has 0 aliphatic carbocycles. The van der Waals surface area contributed by atoms with E-state index in [1.165, 1.54) is 57.9 Å². The highest BCUT2D eigenvalue weighted by molar-refractivity contribution is 5.83. The highest BCUT2D eigenvalue weighted by atomic mass is 19.1. The van der Waals surface area contributed by atoms with Crippen LogP contribution in [-0.4, -0.2) is 12.8 Å². The fourth-order valence-corrected chi connectivity index (χ4v) is 3.29. The van der Waals surface area contributed by atoms with Gasteiger partial charge in [0, 0.05) is 13.3 Å². The number of unbranched alkanes of at least 4 members (excludes halogenated alkanes) is 8. The van der Waals surface area contributed by atoms with Crippen LogP contribution in [0.25, 0.3) is 10.8 Å². The second kappa shape index (κ2) is 12.2. The van der Waals surface area contributed by atoms with Crippen LogP contribution in [0.4, 0.5) is 4.39 Å². The summed E-state index contributed by atoms with van der Waals surface area (Å²) in [7, 11) is 0. The van der Waals surface area contributed by atoms with E-state index in [0.717, 1.165) is 12.8 Å². The van der Waals surface area contributed by atoms with E-state index in [-0.39, 0.29) is 11.1 Å². The van der Waals surface area contributed by atoms with Gasteiger partial charge in [-0.25, -0.2) is 9.18 Å². The van der Waals surface area contributed by atoms with Crippen molar-refractivity contribution in [1.29, 1.82) is 0 Å². The van der Waals surface area contributed by atoms with Crippen LogP contribution in [0.1, 0.15) is 77.4 Å². The molecule has 0 aliphatic heterocycles. The van der Waals surface area contributed by atoms with Crippen molar-refractivity contribution in [3.05, 3.63) is 40.2 Å². The average molecular weight is 406 g/mol. The minimum absolute atomic E-state index is 0.152. The van der Waals surface area contributed by atoms with E-state index < -0.39 is 24.2 Å². The third-order valence-electron chi connectivity index (χ3n) is 4.89. The molecule has 0 saturated heterocycles. The third-order valence-corrected chi connectivity index (χ3v) is 4.89. The molecule has 2 rings (SSSR count). The van der Waals surface area contributed by atoms with Crippen LogP contribution in [0.3, 0.4) is 0 Å². The van der Waals surface area contributed by atoms with Gasteiger partial charge in [0.1, 0.15) is 11.1 Å². The maximum Gasteiger partial charge on any atom is 0.346 e. The predicted molar refractivity (Wildman–Crippen MR) is 111 cm³/mol. The smallest absolute Gasteiger partial charge is 0.346 e. The van der Waals surface area contributed by atoms with Crippen molar-refractivity contribution in [3.8, 4) is 5.75 Å². The molecule has 6 heteroatoms. The molecule has 160 valence electrons. The predicted octanol–water partition coefficient (Wildman–Crippen LogP) is 5.90. The lowest BCUT2D eigenvalue weighted by atomic mass is 10.1. The lowest BCUT2D eigenvalue weighted by Crippen LogP contribution is -2.10.